The highest BCUT2D eigenvalue weighted by atomic mass is 16.3. The summed E-state index contributed by atoms with van der Waals surface area (Å²) >= 11 is 0. The highest BCUT2D eigenvalue weighted by molar-refractivity contribution is 6.19. The highest BCUT2D eigenvalue weighted by Gasteiger charge is 2.31. The quantitative estimate of drug-likeness (QED) is 0.562. The Labute approximate surface area is 115 Å². The Morgan fingerprint density at radius 2 is 1.70 bits per heavy atom. The second-order valence-electron chi connectivity index (χ2n) is 4.53. The molecule has 20 heavy (non-hydrogen) atoms. The van der Waals surface area contributed by atoms with Crippen LogP contribution < -0.4 is 5.73 Å². The number of aromatic hydroxyl groups is 1. The van der Waals surface area contributed by atoms with Crippen LogP contribution in [0, 0.1) is 0 Å². The van der Waals surface area contributed by atoms with Gasteiger partial charge in [0.25, 0.3) is 0 Å². The normalized spacial score (nSPS) is 13.9. The summed E-state index contributed by atoms with van der Waals surface area (Å²) in [6.45, 7) is 0. The highest BCUT2D eigenvalue weighted by Crippen LogP contribution is 2.44. The van der Waals surface area contributed by atoms with Crippen molar-refractivity contribution in [2.24, 2.45) is 5.73 Å². The standard InChI is InChI=1S/C16H11NO3/c17-16(20)11-6-3-5-9-12(15(9)11)8-14(19)10-4-1-2-7-13(10)18/h1-8,18H,(H2,17,20)/b12-8+. The molecule has 0 saturated heterocycles. The van der Waals surface area contributed by atoms with E-state index in [1.54, 1.807) is 30.3 Å². The van der Waals surface area contributed by atoms with Gasteiger partial charge in [-0.05, 0) is 35.4 Å². The van der Waals surface area contributed by atoms with E-state index in [4.69, 9.17) is 5.73 Å². The van der Waals surface area contributed by atoms with Crippen molar-refractivity contribution < 1.29 is 14.7 Å². The van der Waals surface area contributed by atoms with Crippen molar-refractivity contribution in [3.05, 3.63) is 70.8 Å². The van der Waals surface area contributed by atoms with Gasteiger partial charge in [-0.3, -0.25) is 9.59 Å². The molecule has 4 heteroatoms. The van der Waals surface area contributed by atoms with Gasteiger partial charge in [-0.1, -0.05) is 24.3 Å². The molecular weight excluding hydrogens is 254 g/mol. The van der Waals surface area contributed by atoms with E-state index in [0.717, 1.165) is 11.1 Å². The number of benzene rings is 2. The molecule has 3 N–H and O–H groups in total. The van der Waals surface area contributed by atoms with Crippen molar-refractivity contribution in [2.75, 3.05) is 0 Å². The summed E-state index contributed by atoms with van der Waals surface area (Å²) in [5, 5.41) is 9.65. The summed E-state index contributed by atoms with van der Waals surface area (Å²) in [4.78, 5) is 23.4. The summed E-state index contributed by atoms with van der Waals surface area (Å²) in [5.41, 5.74) is 8.22. The van der Waals surface area contributed by atoms with E-state index in [9.17, 15) is 14.7 Å². The number of phenolic OH excluding ortho intramolecular Hbond substituents is 1. The van der Waals surface area contributed by atoms with Crippen molar-refractivity contribution in [1.29, 1.82) is 0 Å². The number of ketones is 1. The third-order valence-electron chi connectivity index (χ3n) is 3.27. The van der Waals surface area contributed by atoms with Crippen molar-refractivity contribution in [2.45, 2.75) is 0 Å². The molecule has 0 spiro atoms. The number of phenols is 1. The number of rotatable bonds is 3. The number of para-hydroxylation sites is 1. The molecule has 2 aromatic rings. The van der Waals surface area contributed by atoms with Gasteiger partial charge in [-0.2, -0.15) is 0 Å². The Morgan fingerprint density at radius 3 is 2.40 bits per heavy atom. The zero-order valence-corrected chi connectivity index (χ0v) is 10.5. The number of allylic oxidation sites excluding steroid dienone is 1. The van der Waals surface area contributed by atoms with Crippen LogP contribution in [0.25, 0.3) is 5.57 Å². The van der Waals surface area contributed by atoms with E-state index < -0.39 is 5.91 Å². The number of nitrogens with two attached hydrogens (primary N) is 1. The van der Waals surface area contributed by atoms with Gasteiger partial charge in [0, 0.05) is 11.1 Å². The van der Waals surface area contributed by atoms with Crippen LogP contribution in [0.4, 0.5) is 0 Å². The lowest BCUT2D eigenvalue weighted by molar-refractivity contribution is 0.0998. The largest absolute Gasteiger partial charge is 0.507 e. The van der Waals surface area contributed by atoms with Crippen molar-refractivity contribution in [3.8, 4) is 5.75 Å². The van der Waals surface area contributed by atoms with Crippen LogP contribution in [0.3, 0.4) is 0 Å². The topological polar surface area (TPSA) is 80.4 Å². The first-order chi connectivity index (χ1) is 9.59. The summed E-state index contributed by atoms with van der Waals surface area (Å²) in [7, 11) is 0. The molecule has 4 nitrogen and oxygen atoms in total. The van der Waals surface area contributed by atoms with Gasteiger partial charge in [0.15, 0.2) is 5.78 Å². The summed E-state index contributed by atoms with van der Waals surface area (Å²) < 4.78 is 0. The Kier molecular flexibility index (Phi) is 2.64. The Hall–Kier alpha value is -2.88. The van der Waals surface area contributed by atoms with E-state index in [1.165, 1.54) is 12.1 Å². The van der Waals surface area contributed by atoms with Crippen molar-refractivity contribution in [1.82, 2.24) is 0 Å². The van der Waals surface area contributed by atoms with Crippen LogP contribution in [0.2, 0.25) is 0 Å². The van der Waals surface area contributed by atoms with Gasteiger partial charge in [-0.25, -0.2) is 0 Å². The second kappa shape index (κ2) is 4.35. The number of hydrogen-bond donors (Lipinski definition) is 2. The first kappa shape index (κ1) is 12.2. The summed E-state index contributed by atoms with van der Waals surface area (Å²) in [6.07, 6.45) is 1.42. The molecule has 0 fully saturated rings. The maximum Gasteiger partial charge on any atom is 0.249 e. The lowest BCUT2D eigenvalue weighted by Crippen LogP contribution is -2.10. The van der Waals surface area contributed by atoms with E-state index in [2.05, 4.69) is 0 Å². The smallest absolute Gasteiger partial charge is 0.249 e. The maximum absolute atomic E-state index is 12.1. The van der Waals surface area contributed by atoms with Gasteiger partial charge >= 0.3 is 0 Å². The molecule has 0 atom stereocenters. The molecule has 2 aromatic carbocycles. The van der Waals surface area contributed by atoms with Crippen LogP contribution in [-0.4, -0.2) is 16.8 Å². The third kappa shape index (κ3) is 1.87. The molecule has 1 aliphatic rings. The zero-order chi connectivity index (χ0) is 14.3. The molecule has 0 aromatic heterocycles. The Morgan fingerprint density at radius 1 is 1.00 bits per heavy atom. The SMILES string of the molecule is NC(=O)c1cccc2c1/C2=C/C(=O)c1ccccc1O. The Bertz CT molecular complexity index is 775. The molecule has 1 amide bonds. The first-order valence-corrected chi connectivity index (χ1v) is 6.07. The third-order valence-corrected chi connectivity index (χ3v) is 3.27. The number of carbonyl (C=O) groups excluding carboxylic acids is 2. The number of hydrogen-bond acceptors (Lipinski definition) is 3. The van der Waals surface area contributed by atoms with Crippen LogP contribution in [-0.2, 0) is 0 Å². The molecule has 3 rings (SSSR count). The van der Waals surface area contributed by atoms with Gasteiger partial charge in [-0.15, -0.1) is 0 Å². The Balaban J connectivity index is 1.97. The molecular formula is C16H11NO3. The number of primary amides is 1. The predicted molar refractivity (Wildman–Crippen MR) is 74.5 cm³/mol. The van der Waals surface area contributed by atoms with Crippen LogP contribution in [0.5, 0.6) is 5.75 Å². The average Bonchev–Trinajstić information content (AvgIpc) is 3.12. The van der Waals surface area contributed by atoms with Gasteiger partial charge in [0.1, 0.15) is 5.75 Å². The van der Waals surface area contributed by atoms with Crippen LogP contribution >= 0.6 is 0 Å². The number of amides is 1. The minimum Gasteiger partial charge on any atom is -0.507 e. The molecule has 0 heterocycles. The maximum atomic E-state index is 12.1. The lowest BCUT2D eigenvalue weighted by atomic mass is 10.1. The fourth-order valence-electron chi connectivity index (χ4n) is 2.25. The molecule has 0 aliphatic heterocycles. The molecule has 0 radical (unpaired) electrons. The molecule has 0 unspecified atom stereocenters. The fourth-order valence-corrected chi connectivity index (χ4v) is 2.25. The summed E-state index contributed by atoms with van der Waals surface area (Å²) in [6, 6.07) is 11.5. The lowest BCUT2D eigenvalue weighted by Gasteiger charge is -1.98. The average molecular weight is 265 g/mol. The van der Waals surface area contributed by atoms with Crippen LogP contribution in [0.15, 0.2) is 48.5 Å². The zero-order valence-electron chi connectivity index (χ0n) is 10.5. The molecule has 0 bridgehead atoms. The van der Waals surface area contributed by atoms with Gasteiger partial charge in [0.05, 0.1) is 5.56 Å². The number of fused-ring (bicyclic) bond motifs is 1. The molecule has 0 saturated carbocycles. The molecule has 98 valence electrons. The van der Waals surface area contributed by atoms with Gasteiger partial charge < -0.3 is 10.8 Å². The van der Waals surface area contributed by atoms with Crippen molar-refractivity contribution in [3.63, 3.8) is 0 Å². The fraction of sp³-hybridized carbons (Fsp3) is 0. The summed E-state index contributed by atoms with van der Waals surface area (Å²) in [5.74, 6) is -0.876. The van der Waals surface area contributed by atoms with E-state index in [-0.39, 0.29) is 17.1 Å². The van der Waals surface area contributed by atoms with Crippen LogP contribution in [0.1, 0.15) is 31.8 Å². The monoisotopic (exact) mass is 265 g/mol. The minimum absolute atomic E-state index is 0.0609. The molecule has 1 aliphatic carbocycles. The second-order valence-corrected chi connectivity index (χ2v) is 4.53. The van der Waals surface area contributed by atoms with Gasteiger partial charge in [0.2, 0.25) is 5.91 Å². The van der Waals surface area contributed by atoms with E-state index in [0.29, 0.717) is 11.1 Å². The van der Waals surface area contributed by atoms with E-state index >= 15 is 0 Å². The predicted octanol–water partition coefficient (Wildman–Crippen LogP) is 2.12. The van der Waals surface area contributed by atoms with E-state index in [1.807, 2.05) is 6.07 Å². The number of carbonyl (C=O) groups is 2. The first-order valence-electron chi connectivity index (χ1n) is 6.07. The van der Waals surface area contributed by atoms with Crippen molar-refractivity contribution >= 4 is 17.3 Å². The minimum atomic E-state index is -0.514.